The van der Waals surface area contributed by atoms with Gasteiger partial charge < -0.3 is 5.73 Å². The molecule has 0 spiro atoms. The van der Waals surface area contributed by atoms with Crippen LogP contribution in [0.5, 0.6) is 0 Å². The van der Waals surface area contributed by atoms with Crippen LogP contribution in [0.1, 0.15) is 0 Å². The van der Waals surface area contributed by atoms with Crippen LogP contribution in [0.4, 0.5) is 5.69 Å². The molecule has 25 heavy (non-hydrogen) atoms. The molecule has 1 aromatic heterocycles. The summed E-state index contributed by atoms with van der Waals surface area (Å²) in [7, 11) is 0. The number of nitrogens with two attached hydrogens (primary N) is 1. The SMILES string of the molecule is Nc1ccc(-c2cc(Cl)c(Cl)cc2Cl)nc1-c1cc(Cl)c(Cl)cc1Cl. The van der Waals surface area contributed by atoms with Gasteiger partial charge in [0.05, 0.1) is 47.2 Å². The van der Waals surface area contributed by atoms with Gasteiger partial charge in [-0.05, 0) is 36.4 Å². The molecule has 0 aliphatic carbocycles. The molecule has 0 fully saturated rings. The lowest BCUT2D eigenvalue weighted by atomic mass is 10.1. The number of hydrogen-bond acceptors (Lipinski definition) is 2. The summed E-state index contributed by atoms with van der Waals surface area (Å²) < 4.78 is 0. The first-order valence-corrected chi connectivity index (χ1v) is 9.11. The van der Waals surface area contributed by atoms with Gasteiger partial charge in [0.1, 0.15) is 0 Å². The maximum absolute atomic E-state index is 6.28. The molecule has 1 heterocycles. The number of hydrogen-bond donors (Lipinski definition) is 1. The second kappa shape index (κ2) is 7.40. The maximum Gasteiger partial charge on any atom is 0.0954 e. The van der Waals surface area contributed by atoms with Gasteiger partial charge in [0, 0.05) is 11.1 Å². The van der Waals surface area contributed by atoms with Gasteiger partial charge in [-0.2, -0.15) is 0 Å². The minimum atomic E-state index is 0.345. The van der Waals surface area contributed by atoms with E-state index in [-0.39, 0.29) is 0 Å². The van der Waals surface area contributed by atoms with Gasteiger partial charge >= 0.3 is 0 Å². The summed E-state index contributed by atoms with van der Waals surface area (Å²) >= 11 is 36.7. The molecule has 3 aromatic rings. The zero-order valence-corrected chi connectivity index (χ0v) is 16.8. The van der Waals surface area contributed by atoms with Crippen molar-refractivity contribution in [1.29, 1.82) is 0 Å². The fourth-order valence-electron chi connectivity index (χ4n) is 2.26. The second-order valence-corrected chi connectivity index (χ2v) is 7.57. The second-order valence-electron chi connectivity index (χ2n) is 5.13. The van der Waals surface area contributed by atoms with Crippen LogP contribution in [0.25, 0.3) is 22.5 Å². The van der Waals surface area contributed by atoms with Crippen molar-refractivity contribution in [2.45, 2.75) is 0 Å². The van der Waals surface area contributed by atoms with Crippen molar-refractivity contribution in [3.05, 3.63) is 66.5 Å². The summed E-state index contributed by atoms with van der Waals surface area (Å²) in [5.41, 5.74) is 8.71. The summed E-state index contributed by atoms with van der Waals surface area (Å²) in [4.78, 5) is 4.58. The molecule has 0 saturated carbocycles. The lowest BCUT2D eigenvalue weighted by Crippen LogP contribution is -1.97. The van der Waals surface area contributed by atoms with E-state index in [4.69, 9.17) is 75.3 Å². The Morgan fingerprint density at radius 2 is 1.08 bits per heavy atom. The van der Waals surface area contributed by atoms with Crippen LogP contribution in [0.15, 0.2) is 36.4 Å². The van der Waals surface area contributed by atoms with E-state index in [1.807, 2.05) is 0 Å². The molecule has 3 rings (SSSR count). The van der Waals surface area contributed by atoms with Gasteiger partial charge in [-0.3, -0.25) is 0 Å². The van der Waals surface area contributed by atoms with Crippen molar-refractivity contribution < 1.29 is 0 Å². The number of rotatable bonds is 2. The van der Waals surface area contributed by atoms with Crippen LogP contribution in [-0.2, 0) is 0 Å². The fourth-order valence-corrected chi connectivity index (χ4v) is 3.54. The van der Waals surface area contributed by atoms with E-state index in [0.29, 0.717) is 58.3 Å². The lowest BCUT2D eigenvalue weighted by molar-refractivity contribution is 1.32. The van der Waals surface area contributed by atoms with Crippen LogP contribution < -0.4 is 5.73 Å². The van der Waals surface area contributed by atoms with Gasteiger partial charge in [0.2, 0.25) is 0 Å². The predicted octanol–water partition coefficient (Wildman–Crippen LogP) is 7.92. The Hall–Kier alpha value is -0.870. The molecule has 0 unspecified atom stereocenters. The monoisotopic (exact) mass is 450 g/mol. The van der Waals surface area contributed by atoms with Crippen molar-refractivity contribution in [3.63, 3.8) is 0 Å². The molecule has 128 valence electrons. The van der Waals surface area contributed by atoms with E-state index in [1.165, 1.54) is 0 Å². The topological polar surface area (TPSA) is 38.9 Å². The van der Waals surface area contributed by atoms with Crippen molar-refractivity contribution in [2.75, 3.05) is 5.73 Å². The Morgan fingerprint density at radius 3 is 1.68 bits per heavy atom. The molecule has 2 aromatic carbocycles. The molecule has 8 heteroatoms. The average Bonchev–Trinajstić information content (AvgIpc) is 2.55. The number of anilines is 1. The molecular formula is C17H8Cl6N2. The number of pyridine rings is 1. The Bertz CT molecular complexity index is 987. The summed E-state index contributed by atoms with van der Waals surface area (Å²) in [6.07, 6.45) is 0. The molecule has 2 N–H and O–H groups in total. The Kier molecular flexibility index (Phi) is 5.60. The highest BCUT2D eigenvalue weighted by molar-refractivity contribution is 6.44. The standard InChI is InChI=1S/C17H8Cl6N2/c18-9-5-13(22)11(20)3-7(9)16-2-1-15(24)17(25-16)8-4-12(21)14(23)6-10(8)19/h1-6H,24H2. The van der Waals surface area contributed by atoms with Crippen molar-refractivity contribution in [1.82, 2.24) is 4.98 Å². The molecule has 0 radical (unpaired) electrons. The molecular weight excluding hydrogens is 445 g/mol. The minimum Gasteiger partial charge on any atom is -0.397 e. The zero-order valence-electron chi connectivity index (χ0n) is 12.3. The van der Waals surface area contributed by atoms with Gasteiger partial charge in [-0.25, -0.2) is 4.98 Å². The number of aromatic nitrogens is 1. The summed E-state index contributed by atoms with van der Waals surface area (Å²) in [6.45, 7) is 0. The van der Waals surface area contributed by atoms with E-state index in [2.05, 4.69) is 4.98 Å². The Morgan fingerprint density at radius 1 is 0.600 bits per heavy atom. The Labute approximate surface area is 174 Å². The number of nitrogen functional groups attached to an aromatic ring is 1. The third-order valence-electron chi connectivity index (χ3n) is 3.48. The molecule has 2 nitrogen and oxygen atoms in total. The molecule has 0 aliphatic rings. The highest BCUT2D eigenvalue weighted by Crippen LogP contribution is 2.39. The largest absolute Gasteiger partial charge is 0.397 e. The fraction of sp³-hybridized carbons (Fsp3) is 0. The average molecular weight is 453 g/mol. The number of benzene rings is 2. The van der Waals surface area contributed by atoms with Crippen molar-refractivity contribution in [2.24, 2.45) is 0 Å². The first kappa shape index (κ1) is 18.9. The quantitative estimate of drug-likeness (QED) is 0.401. The molecule has 0 atom stereocenters. The van der Waals surface area contributed by atoms with Gasteiger partial charge in [-0.15, -0.1) is 0 Å². The third kappa shape index (κ3) is 3.80. The van der Waals surface area contributed by atoms with Crippen LogP contribution in [0.3, 0.4) is 0 Å². The van der Waals surface area contributed by atoms with Gasteiger partial charge in [-0.1, -0.05) is 69.6 Å². The van der Waals surface area contributed by atoms with E-state index in [9.17, 15) is 0 Å². The Balaban J connectivity index is 2.21. The smallest absolute Gasteiger partial charge is 0.0954 e. The molecule has 0 amide bonds. The van der Waals surface area contributed by atoms with Crippen LogP contribution in [-0.4, -0.2) is 4.98 Å². The first-order valence-electron chi connectivity index (χ1n) is 6.84. The van der Waals surface area contributed by atoms with Gasteiger partial charge in [0.15, 0.2) is 0 Å². The third-order valence-corrected chi connectivity index (χ3v) is 5.55. The van der Waals surface area contributed by atoms with Crippen LogP contribution in [0, 0.1) is 0 Å². The van der Waals surface area contributed by atoms with Crippen molar-refractivity contribution >= 4 is 75.3 Å². The summed E-state index contributed by atoms with van der Waals surface area (Å²) in [5, 5.41) is 2.22. The van der Waals surface area contributed by atoms with Gasteiger partial charge in [0.25, 0.3) is 0 Å². The minimum absolute atomic E-state index is 0.345. The number of nitrogens with zero attached hydrogens (tertiary/aromatic N) is 1. The highest BCUT2D eigenvalue weighted by Gasteiger charge is 2.15. The normalized spacial score (nSPS) is 11.0. The van der Waals surface area contributed by atoms with E-state index in [0.717, 1.165) is 0 Å². The molecule has 0 bridgehead atoms. The molecule has 0 saturated heterocycles. The predicted molar refractivity (Wildman–Crippen MR) is 110 cm³/mol. The molecule has 0 aliphatic heterocycles. The lowest BCUT2D eigenvalue weighted by Gasteiger charge is -2.12. The van der Waals surface area contributed by atoms with E-state index < -0.39 is 0 Å². The maximum atomic E-state index is 6.28. The highest BCUT2D eigenvalue weighted by atomic mass is 35.5. The van der Waals surface area contributed by atoms with E-state index in [1.54, 1.807) is 36.4 Å². The first-order chi connectivity index (χ1) is 11.8. The summed E-state index contributed by atoms with van der Waals surface area (Å²) in [5.74, 6) is 0. The van der Waals surface area contributed by atoms with Crippen LogP contribution >= 0.6 is 69.6 Å². The van der Waals surface area contributed by atoms with Crippen molar-refractivity contribution in [3.8, 4) is 22.5 Å². The van der Waals surface area contributed by atoms with Crippen LogP contribution in [0.2, 0.25) is 30.1 Å². The zero-order chi connectivity index (χ0) is 18.3. The van der Waals surface area contributed by atoms with E-state index >= 15 is 0 Å². The number of halogens is 6. The summed E-state index contributed by atoms with van der Waals surface area (Å²) in [6, 6.07) is 9.80.